The number of aliphatic imine (C=N–C) groups is 1. The van der Waals surface area contributed by atoms with E-state index < -0.39 is 0 Å². The molecule has 6 heteroatoms. The van der Waals surface area contributed by atoms with Gasteiger partial charge in [-0.1, -0.05) is 18.6 Å². The molecule has 0 radical (unpaired) electrons. The first-order valence-electron chi connectivity index (χ1n) is 9.52. The molecule has 1 aliphatic heterocycles. The average Bonchev–Trinajstić information content (AvgIpc) is 2.87. The standard InChI is InChI=1S/C20H29N5O/c1-2-22-20(24-16-18-9-6-8-17(14-18)15-21)23-11-7-13-25-12-5-3-4-10-19(25)26/h6,8-9,14H,2-5,7,10-13,16H2,1H3,(H2,22,23,24). The van der Waals surface area contributed by atoms with Gasteiger partial charge in [0.25, 0.3) is 0 Å². The third-order valence-corrected chi connectivity index (χ3v) is 4.39. The Morgan fingerprint density at radius 1 is 1.31 bits per heavy atom. The summed E-state index contributed by atoms with van der Waals surface area (Å²) in [5.74, 6) is 1.05. The van der Waals surface area contributed by atoms with Gasteiger partial charge in [0.05, 0.1) is 18.2 Å². The molecule has 0 aliphatic carbocycles. The molecule has 1 aromatic carbocycles. The van der Waals surface area contributed by atoms with E-state index in [-0.39, 0.29) is 0 Å². The SMILES string of the molecule is CCNC(=NCc1cccc(C#N)c1)NCCCN1CCCCCC1=O. The predicted molar refractivity (Wildman–Crippen MR) is 104 cm³/mol. The zero-order valence-electron chi connectivity index (χ0n) is 15.6. The molecule has 26 heavy (non-hydrogen) atoms. The van der Waals surface area contributed by atoms with Crippen molar-refractivity contribution in [3.8, 4) is 6.07 Å². The van der Waals surface area contributed by atoms with Crippen LogP contribution < -0.4 is 10.6 Å². The smallest absolute Gasteiger partial charge is 0.222 e. The molecule has 1 saturated heterocycles. The van der Waals surface area contributed by atoms with Crippen molar-refractivity contribution in [1.29, 1.82) is 5.26 Å². The van der Waals surface area contributed by atoms with Crippen LogP contribution in [0.15, 0.2) is 29.3 Å². The minimum Gasteiger partial charge on any atom is -0.357 e. The number of amides is 1. The van der Waals surface area contributed by atoms with Crippen molar-refractivity contribution in [2.24, 2.45) is 4.99 Å². The molecule has 0 atom stereocenters. The molecule has 1 amide bonds. The second-order valence-corrected chi connectivity index (χ2v) is 6.48. The fourth-order valence-corrected chi connectivity index (χ4v) is 3.00. The maximum Gasteiger partial charge on any atom is 0.222 e. The van der Waals surface area contributed by atoms with Gasteiger partial charge in [0.15, 0.2) is 5.96 Å². The van der Waals surface area contributed by atoms with Crippen molar-refractivity contribution in [2.45, 2.75) is 45.6 Å². The maximum atomic E-state index is 12.0. The molecule has 0 unspecified atom stereocenters. The van der Waals surface area contributed by atoms with Crippen molar-refractivity contribution in [3.05, 3.63) is 35.4 Å². The first kappa shape index (κ1) is 19.8. The Balaban J connectivity index is 1.79. The van der Waals surface area contributed by atoms with Crippen molar-refractivity contribution in [3.63, 3.8) is 0 Å². The Bertz CT molecular complexity index is 650. The Morgan fingerprint density at radius 2 is 2.19 bits per heavy atom. The highest BCUT2D eigenvalue weighted by atomic mass is 16.2. The van der Waals surface area contributed by atoms with Crippen LogP contribution in [0.5, 0.6) is 0 Å². The highest BCUT2D eigenvalue weighted by molar-refractivity contribution is 5.79. The van der Waals surface area contributed by atoms with Crippen molar-refractivity contribution < 1.29 is 4.79 Å². The van der Waals surface area contributed by atoms with Crippen LogP contribution in [-0.2, 0) is 11.3 Å². The zero-order chi connectivity index (χ0) is 18.6. The maximum absolute atomic E-state index is 12.0. The molecular weight excluding hydrogens is 326 g/mol. The third kappa shape index (κ3) is 6.75. The number of guanidine groups is 1. The van der Waals surface area contributed by atoms with Crippen LogP contribution in [0.25, 0.3) is 0 Å². The summed E-state index contributed by atoms with van der Waals surface area (Å²) in [4.78, 5) is 18.6. The van der Waals surface area contributed by atoms with Crippen LogP contribution in [0.2, 0.25) is 0 Å². The summed E-state index contributed by atoms with van der Waals surface area (Å²) in [6.07, 6.45) is 4.90. The van der Waals surface area contributed by atoms with Gasteiger partial charge < -0.3 is 15.5 Å². The molecule has 6 nitrogen and oxygen atoms in total. The lowest BCUT2D eigenvalue weighted by atomic mass is 10.1. The Morgan fingerprint density at radius 3 is 3.00 bits per heavy atom. The molecule has 2 rings (SSSR count). The summed E-state index contributed by atoms with van der Waals surface area (Å²) in [6.45, 7) is 5.80. The lowest BCUT2D eigenvalue weighted by Gasteiger charge is -2.20. The minimum atomic E-state index is 0.292. The number of hydrogen-bond donors (Lipinski definition) is 2. The highest BCUT2D eigenvalue weighted by Gasteiger charge is 2.15. The lowest BCUT2D eigenvalue weighted by Crippen LogP contribution is -2.39. The van der Waals surface area contributed by atoms with E-state index >= 15 is 0 Å². The van der Waals surface area contributed by atoms with E-state index in [1.165, 1.54) is 0 Å². The van der Waals surface area contributed by atoms with Gasteiger partial charge >= 0.3 is 0 Å². The number of carbonyl (C=O) groups is 1. The molecule has 1 fully saturated rings. The molecule has 140 valence electrons. The van der Waals surface area contributed by atoms with Gasteiger partial charge in [0, 0.05) is 32.6 Å². The van der Waals surface area contributed by atoms with Crippen molar-refractivity contribution in [2.75, 3.05) is 26.2 Å². The number of carbonyl (C=O) groups excluding carboxylic acids is 1. The number of nitriles is 1. The number of nitrogens with one attached hydrogen (secondary N) is 2. The number of nitrogens with zero attached hydrogens (tertiary/aromatic N) is 3. The quantitative estimate of drug-likeness (QED) is 0.447. The van der Waals surface area contributed by atoms with Crippen LogP contribution in [0.1, 0.15) is 50.2 Å². The topological polar surface area (TPSA) is 80.5 Å². The fraction of sp³-hybridized carbons (Fsp3) is 0.550. The van der Waals surface area contributed by atoms with Gasteiger partial charge in [-0.25, -0.2) is 4.99 Å². The monoisotopic (exact) mass is 355 g/mol. The first-order valence-corrected chi connectivity index (χ1v) is 9.52. The van der Waals surface area contributed by atoms with E-state index in [9.17, 15) is 4.79 Å². The summed E-state index contributed by atoms with van der Waals surface area (Å²) in [7, 11) is 0. The number of likely N-dealkylation sites (tertiary alicyclic amines) is 1. The van der Waals surface area contributed by atoms with Crippen LogP contribution in [0.4, 0.5) is 0 Å². The summed E-state index contributed by atoms with van der Waals surface area (Å²) in [5.41, 5.74) is 1.66. The summed E-state index contributed by atoms with van der Waals surface area (Å²) in [6, 6.07) is 9.65. The second kappa shape index (κ2) is 11.1. The largest absolute Gasteiger partial charge is 0.357 e. The van der Waals surface area contributed by atoms with E-state index in [2.05, 4.69) is 21.7 Å². The molecule has 2 N–H and O–H groups in total. The van der Waals surface area contributed by atoms with E-state index in [0.29, 0.717) is 24.4 Å². The molecule has 1 aromatic rings. The third-order valence-electron chi connectivity index (χ3n) is 4.39. The molecule has 0 aromatic heterocycles. The number of benzene rings is 1. The zero-order valence-corrected chi connectivity index (χ0v) is 15.6. The molecule has 0 spiro atoms. The normalized spacial score (nSPS) is 15.3. The summed E-state index contributed by atoms with van der Waals surface area (Å²) in [5, 5.41) is 15.5. The predicted octanol–water partition coefficient (Wildman–Crippen LogP) is 2.41. The summed E-state index contributed by atoms with van der Waals surface area (Å²) >= 11 is 0. The van der Waals surface area contributed by atoms with E-state index in [4.69, 9.17) is 5.26 Å². The van der Waals surface area contributed by atoms with Gasteiger partial charge in [0.1, 0.15) is 0 Å². The number of rotatable bonds is 7. The number of hydrogen-bond acceptors (Lipinski definition) is 3. The summed E-state index contributed by atoms with van der Waals surface area (Å²) < 4.78 is 0. The Labute approximate surface area is 156 Å². The van der Waals surface area contributed by atoms with Crippen LogP contribution >= 0.6 is 0 Å². The van der Waals surface area contributed by atoms with Gasteiger partial charge in [-0.05, 0) is 43.9 Å². The van der Waals surface area contributed by atoms with Crippen molar-refractivity contribution >= 4 is 11.9 Å². The van der Waals surface area contributed by atoms with Crippen molar-refractivity contribution in [1.82, 2.24) is 15.5 Å². The van der Waals surface area contributed by atoms with E-state index in [1.807, 2.05) is 30.0 Å². The van der Waals surface area contributed by atoms with E-state index in [1.54, 1.807) is 6.07 Å². The van der Waals surface area contributed by atoms with Gasteiger partial charge in [-0.3, -0.25) is 4.79 Å². The minimum absolute atomic E-state index is 0.292. The fourth-order valence-electron chi connectivity index (χ4n) is 3.00. The van der Waals surface area contributed by atoms with Crippen LogP contribution in [0.3, 0.4) is 0 Å². The van der Waals surface area contributed by atoms with Gasteiger partial charge in [-0.15, -0.1) is 0 Å². The van der Waals surface area contributed by atoms with Crippen LogP contribution in [-0.4, -0.2) is 42.9 Å². The van der Waals surface area contributed by atoms with Crippen LogP contribution in [0, 0.1) is 11.3 Å². The Kier molecular flexibility index (Phi) is 8.47. The van der Waals surface area contributed by atoms with E-state index in [0.717, 1.165) is 63.4 Å². The molecular formula is C20H29N5O. The molecule has 1 heterocycles. The Hall–Kier alpha value is -2.55. The second-order valence-electron chi connectivity index (χ2n) is 6.48. The molecule has 1 aliphatic rings. The van der Waals surface area contributed by atoms with Gasteiger partial charge in [0.2, 0.25) is 5.91 Å². The molecule has 0 saturated carbocycles. The lowest BCUT2D eigenvalue weighted by molar-refractivity contribution is -0.130. The molecule has 0 bridgehead atoms. The first-order chi connectivity index (χ1) is 12.7. The highest BCUT2D eigenvalue weighted by Crippen LogP contribution is 2.11. The average molecular weight is 355 g/mol. The van der Waals surface area contributed by atoms with Gasteiger partial charge in [-0.2, -0.15) is 5.26 Å².